The number of rotatable bonds is 7. The molecule has 0 atom stereocenters. The van der Waals surface area contributed by atoms with Gasteiger partial charge in [-0.25, -0.2) is 0 Å². The van der Waals surface area contributed by atoms with Crippen LogP contribution in [0.3, 0.4) is 0 Å². The Bertz CT molecular complexity index is 227. The van der Waals surface area contributed by atoms with E-state index in [1.807, 2.05) is 11.8 Å². The Labute approximate surface area is 109 Å². The summed E-state index contributed by atoms with van der Waals surface area (Å²) < 4.78 is 0.378. The van der Waals surface area contributed by atoms with Gasteiger partial charge in [-0.1, -0.05) is 26.2 Å². The monoisotopic (exact) mass is 258 g/mol. The van der Waals surface area contributed by atoms with Crippen molar-refractivity contribution in [3.05, 3.63) is 0 Å². The van der Waals surface area contributed by atoms with E-state index < -0.39 is 0 Å². The van der Waals surface area contributed by atoms with Crippen LogP contribution in [0.2, 0.25) is 0 Å². The van der Waals surface area contributed by atoms with Gasteiger partial charge >= 0.3 is 0 Å². The summed E-state index contributed by atoms with van der Waals surface area (Å²) in [5.74, 6) is 0.124. The average Bonchev–Trinajstić information content (AvgIpc) is 2.37. The van der Waals surface area contributed by atoms with Crippen LogP contribution in [0, 0.1) is 0 Å². The second-order valence-electron chi connectivity index (χ2n) is 4.90. The Morgan fingerprint density at radius 3 is 2.59 bits per heavy atom. The summed E-state index contributed by atoms with van der Waals surface area (Å²) in [5.41, 5.74) is 0. The van der Waals surface area contributed by atoms with Crippen molar-refractivity contribution in [2.24, 2.45) is 0 Å². The van der Waals surface area contributed by atoms with Crippen LogP contribution in [0.5, 0.6) is 0 Å². The summed E-state index contributed by atoms with van der Waals surface area (Å²) >= 11 is 1.97. The molecule has 1 aliphatic carbocycles. The van der Waals surface area contributed by atoms with E-state index in [0.29, 0.717) is 11.3 Å². The van der Waals surface area contributed by atoms with Gasteiger partial charge in [0.05, 0.1) is 6.54 Å². The Hall–Kier alpha value is -0.220. The molecule has 1 fully saturated rings. The van der Waals surface area contributed by atoms with E-state index in [4.69, 9.17) is 0 Å². The zero-order valence-corrected chi connectivity index (χ0v) is 12.0. The molecule has 3 nitrogen and oxygen atoms in total. The molecule has 1 amide bonds. The fourth-order valence-corrected chi connectivity index (χ4v) is 3.32. The molecule has 17 heavy (non-hydrogen) atoms. The van der Waals surface area contributed by atoms with Gasteiger partial charge in [-0.3, -0.25) is 4.79 Å². The van der Waals surface area contributed by atoms with Crippen molar-refractivity contribution in [1.82, 2.24) is 10.6 Å². The molecule has 1 rings (SSSR count). The lowest BCUT2D eigenvalue weighted by Gasteiger charge is -2.36. The lowest BCUT2D eigenvalue weighted by molar-refractivity contribution is -0.120. The minimum atomic E-state index is 0.124. The zero-order valence-electron chi connectivity index (χ0n) is 11.2. The first-order valence-corrected chi connectivity index (χ1v) is 7.97. The van der Waals surface area contributed by atoms with Crippen molar-refractivity contribution in [1.29, 1.82) is 0 Å². The van der Waals surface area contributed by atoms with Gasteiger partial charge in [-0.15, -0.1) is 0 Å². The summed E-state index contributed by atoms with van der Waals surface area (Å²) in [6.45, 7) is 4.28. The molecule has 1 saturated carbocycles. The Kier molecular flexibility index (Phi) is 6.97. The van der Waals surface area contributed by atoms with Crippen LogP contribution in [0.1, 0.15) is 45.4 Å². The smallest absolute Gasteiger partial charge is 0.233 e. The van der Waals surface area contributed by atoms with Crippen molar-refractivity contribution in [3.8, 4) is 0 Å². The van der Waals surface area contributed by atoms with E-state index in [2.05, 4.69) is 23.8 Å². The Morgan fingerprint density at radius 2 is 2.00 bits per heavy atom. The van der Waals surface area contributed by atoms with Gasteiger partial charge in [0.15, 0.2) is 0 Å². The molecular formula is C13H26N2OS. The molecule has 0 radical (unpaired) electrons. The predicted molar refractivity (Wildman–Crippen MR) is 75.5 cm³/mol. The fourth-order valence-electron chi connectivity index (χ4n) is 2.38. The highest BCUT2D eigenvalue weighted by Gasteiger charge is 2.30. The largest absolute Gasteiger partial charge is 0.355 e. The summed E-state index contributed by atoms with van der Waals surface area (Å²) in [6.07, 6.45) is 9.83. The van der Waals surface area contributed by atoms with E-state index in [-0.39, 0.29) is 5.91 Å². The lowest BCUT2D eigenvalue weighted by atomic mass is 9.88. The van der Waals surface area contributed by atoms with Crippen molar-refractivity contribution < 1.29 is 4.79 Å². The molecule has 0 unspecified atom stereocenters. The number of thioether (sulfide) groups is 1. The van der Waals surface area contributed by atoms with E-state index >= 15 is 0 Å². The van der Waals surface area contributed by atoms with Crippen LogP contribution < -0.4 is 10.6 Å². The van der Waals surface area contributed by atoms with Crippen molar-refractivity contribution in [2.45, 2.75) is 50.2 Å². The maximum absolute atomic E-state index is 11.5. The first kappa shape index (κ1) is 14.8. The second kappa shape index (κ2) is 7.98. The van der Waals surface area contributed by atoms with Gasteiger partial charge in [-0.2, -0.15) is 11.8 Å². The number of carbonyl (C=O) groups is 1. The third-order valence-corrected chi connectivity index (χ3v) is 4.92. The van der Waals surface area contributed by atoms with Gasteiger partial charge < -0.3 is 10.6 Å². The summed E-state index contributed by atoms with van der Waals surface area (Å²) in [5, 5.41) is 6.22. The third-order valence-electron chi connectivity index (χ3n) is 3.50. The molecule has 0 aliphatic heterocycles. The first-order chi connectivity index (χ1) is 8.22. The lowest BCUT2D eigenvalue weighted by Crippen LogP contribution is -2.43. The van der Waals surface area contributed by atoms with Crippen molar-refractivity contribution >= 4 is 17.7 Å². The number of amides is 1. The fraction of sp³-hybridized carbons (Fsp3) is 0.923. The maximum Gasteiger partial charge on any atom is 0.233 e. The molecule has 0 bridgehead atoms. The van der Waals surface area contributed by atoms with Crippen LogP contribution in [-0.4, -0.2) is 36.5 Å². The van der Waals surface area contributed by atoms with Gasteiger partial charge in [-0.05, 0) is 25.5 Å². The molecule has 100 valence electrons. The zero-order chi connectivity index (χ0) is 12.6. The van der Waals surface area contributed by atoms with Crippen molar-refractivity contribution in [3.63, 3.8) is 0 Å². The summed E-state index contributed by atoms with van der Waals surface area (Å²) in [6, 6.07) is 0. The molecule has 0 aromatic heterocycles. The standard InChI is InChI=1S/C13H26N2OS/c1-3-9-15-12(16)10-14-11-13(17-2)7-5-4-6-8-13/h14H,3-11H2,1-2H3,(H,15,16). The molecule has 0 saturated heterocycles. The molecular weight excluding hydrogens is 232 g/mol. The quantitative estimate of drug-likeness (QED) is 0.735. The Balaban J connectivity index is 2.21. The van der Waals surface area contributed by atoms with Crippen LogP contribution in [0.15, 0.2) is 0 Å². The van der Waals surface area contributed by atoms with Crippen LogP contribution in [0.4, 0.5) is 0 Å². The van der Waals surface area contributed by atoms with Gasteiger partial charge in [0, 0.05) is 17.8 Å². The van der Waals surface area contributed by atoms with Crippen LogP contribution in [0.25, 0.3) is 0 Å². The molecule has 1 aliphatic rings. The molecule has 0 heterocycles. The minimum Gasteiger partial charge on any atom is -0.355 e. The predicted octanol–water partition coefficient (Wildman–Crippen LogP) is 2.17. The van der Waals surface area contributed by atoms with Gasteiger partial charge in [0.25, 0.3) is 0 Å². The van der Waals surface area contributed by atoms with Gasteiger partial charge in [0.1, 0.15) is 0 Å². The number of nitrogens with one attached hydrogen (secondary N) is 2. The maximum atomic E-state index is 11.5. The number of hydrogen-bond acceptors (Lipinski definition) is 3. The van der Waals surface area contributed by atoms with Gasteiger partial charge in [0.2, 0.25) is 5.91 Å². The van der Waals surface area contributed by atoms with E-state index in [1.165, 1.54) is 32.1 Å². The molecule has 2 N–H and O–H groups in total. The SMILES string of the molecule is CCCNC(=O)CNCC1(SC)CCCCC1. The second-order valence-corrected chi connectivity index (χ2v) is 6.18. The van der Waals surface area contributed by atoms with Crippen LogP contribution >= 0.6 is 11.8 Å². The highest BCUT2D eigenvalue weighted by Crippen LogP contribution is 2.37. The summed E-state index contributed by atoms with van der Waals surface area (Å²) in [4.78, 5) is 11.5. The highest BCUT2D eigenvalue weighted by atomic mass is 32.2. The topological polar surface area (TPSA) is 41.1 Å². The van der Waals surface area contributed by atoms with E-state index in [1.54, 1.807) is 0 Å². The highest BCUT2D eigenvalue weighted by molar-refractivity contribution is 8.00. The average molecular weight is 258 g/mol. The molecule has 0 aromatic carbocycles. The van der Waals surface area contributed by atoms with Crippen LogP contribution in [-0.2, 0) is 4.79 Å². The normalized spacial score (nSPS) is 18.9. The number of carbonyl (C=O) groups excluding carboxylic acids is 1. The first-order valence-electron chi connectivity index (χ1n) is 6.75. The van der Waals surface area contributed by atoms with E-state index in [9.17, 15) is 4.79 Å². The molecule has 0 aromatic rings. The third kappa shape index (κ3) is 5.30. The molecule has 4 heteroatoms. The minimum absolute atomic E-state index is 0.124. The van der Waals surface area contributed by atoms with Crippen molar-refractivity contribution in [2.75, 3.05) is 25.9 Å². The molecule has 0 spiro atoms. The number of hydrogen-bond donors (Lipinski definition) is 2. The summed E-state index contributed by atoms with van der Waals surface area (Å²) in [7, 11) is 0. The van der Waals surface area contributed by atoms with E-state index in [0.717, 1.165) is 19.5 Å². The Morgan fingerprint density at radius 1 is 1.29 bits per heavy atom.